The highest BCUT2D eigenvalue weighted by Gasteiger charge is 2.33. The molecule has 1 aliphatic heterocycles. The first kappa shape index (κ1) is 17.3. The second-order valence-corrected chi connectivity index (χ2v) is 6.50. The van der Waals surface area contributed by atoms with Gasteiger partial charge in [0.2, 0.25) is 0 Å². The van der Waals surface area contributed by atoms with Crippen molar-refractivity contribution in [1.82, 2.24) is 4.90 Å². The van der Waals surface area contributed by atoms with Crippen molar-refractivity contribution >= 4 is 17.3 Å². The zero-order chi connectivity index (χ0) is 17.8. The molecule has 0 aromatic heterocycles. The van der Waals surface area contributed by atoms with E-state index in [1.165, 1.54) is 0 Å². The van der Waals surface area contributed by atoms with Crippen molar-refractivity contribution in [1.29, 1.82) is 0 Å². The lowest BCUT2D eigenvalue weighted by atomic mass is 10.00. The SMILES string of the molecule is COc1ccccc1Nc1ccccc1C(=O)N1C[C@@H](CO)[C@H](C)C1. The Hall–Kier alpha value is -2.53. The van der Waals surface area contributed by atoms with E-state index in [-0.39, 0.29) is 18.4 Å². The summed E-state index contributed by atoms with van der Waals surface area (Å²) in [7, 11) is 1.62. The highest BCUT2D eigenvalue weighted by atomic mass is 16.5. The van der Waals surface area contributed by atoms with Crippen LogP contribution in [-0.4, -0.2) is 42.7 Å². The Bertz CT molecular complexity index is 747. The number of rotatable bonds is 5. The third kappa shape index (κ3) is 3.61. The Labute approximate surface area is 148 Å². The standard InChI is InChI=1S/C20H24N2O3/c1-14-11-22(12-15(14)13-23)20(24)16-7-3-4-8-17(16)21-18-9-5-6-10-19(18)25-2/h3-10,14-15,21,23H,11-13H2,1-2H3/t14-,15+/m1/s1. The molecule has 1 amide bonds. The fourth-order valence-corrected chi connectivity index (χ4v) is 3.28. The van der Waals surface area contributed by atoms with E-state index in [0.717, 1.165) is 17.1 Å². The molecular formula is C20H24N2O3. The molecule has 5 heteroatoms. The maximum absolute atomic E-state index is 13.0. The summed E-state index contributed by atoms with van der Waals surface area (Å²) in [4.78, 5) is 14.8. The van der Waals surface area contributed by atoms with Crippen molar-refractivity contribution in [3.05, 3.63) is 54.1 Å². The van der Waals surface area contributed by atoms with Crippen LogP contribution in [0.3, 0.4) is 0 Å². The first-order valence-corrected chi connectivity index (χ1v) is 8.53. The smallest absolute Gasteiger partial charge is 0.255 e. The molecule has 1 aliphatic rings. The fourth-order valence-electron chi connectivity index (χ4n) is 3.28. The van der Waals surface area contributed by atoms with Gasteiger partial charge in [-0.05, 0) is 30.2 Å². The van der Waals surface area contributed by atoms with Gasteiger partial charge in [-0.15, -0.1) is 0 Å². The van der Waals surface area contributed by atoms with Gasteiger partial charge in [0.15, 0.2) is 0 Å². The van der Waals surface area contributed by atoms with Gasteiger partial charge in [-0.2, -0.15) is 0 Å². The second kappa shape index (κ2) is 7.57. The van der Waals surface area contributed by atoms with Gasteiger partial charge >= 0.3 is 0 Å². The number of nitrogens with one attached hydrogen (secondary N) is 1. The largest absolute Gasteiger partial charge is 0.495 e. The van der Waals surface area contributed by atoms with E-state index in [1.54, 1.807) is 7.11 Å². The number of para-hydroxylation sites is 3. The number of carbonyl (C=O) groups is 1. The van der Waals surface area contributed by atoms with E-state index in [4.69, 9.17) is 4.74 Å². The molecule has 1 heterocycles. The van der Waals surface area contributed by atoms with E-state index in [1.807, 2.05) is 53.4 Å². The van der Waals surface area contributed by atoms with Crippen LogP contribution in [0.25, 0.3) is 0 Å². The van der Waals surface area contributed by atoms with Crippen LogP contribution in [0.15, 0.2) is 48.5 Å². The van der Waals surface area contributed by atoms with Crippen LogP contribution in [0.2, 0.25) is 0 Å². The first-order chi connectivity index (χ1) is 12.1. The van der Waals surface area contributed by atoms with Gasteiger partial charge in [0.05, 0.1) is 24.0 Å². The zero-order valence-corrected chi connectivity index (χ0v) is 14.6. The number of nitrogens with zero attached hydrogens (tertiary/aromatic N) is 1. The summed E-state index contributed by atoms with van der Waals surface area (Å²) in [6.45, 7) is 3.46. The number of aliphatic hydroxyl groups excluding tert-OH is 1. The Morgan fingerprint density at radius 1 is 1.16 bits per heavy atom. The number of anilines is 2. The Kier molecular flexibility index (Phi) is 5.24. The topological polar surface area (TPSA) is 61.8 Å². The summed E-state index contributed by atoms with van der Waals surface area (Å²) in [6, 6.07) is 15.1. The van der Waals surface area contributed by atoms with Crippen molar-refractivity contribution in [2.45, 2.75) is 6.92 Å². The summed E-state index contributed by atoms with van der Waals surface area (Å²) in [6.07, 6.45) is 0. The Morgan fingerprint density at radius 2 is 1.84 bits per heavy atom. The number of likely N-dealkylation sites (tertiary alicyclic amines) is 1. The molecule has 1 saturated heterocycles. The molecule has 0 bridgehead atoms. The molecule has 25 heavy (non-hydrogen) atoms. The molecule has 0 saturated carbocycles. The molecule has 5 nitrogen and oxygen atoms in total. The third-order valence-electron chi connectivity index (χ3n) is 4.82. The van der Waals surface area contributed by atoms with Crippen molar-refractivity contribution in [2.75, 3.05) is 32.1 Å². The Morgan fingerprint density at radius 3 is 2.52 bits per heavy atom. The summed E-state index contributed by atoms with van der Waals surface area (Å²) < 4.78 is 5.37. The number of hydrogen-bond acceptors (Lipinski definition) is 4. The molecule has 0 spiro atoms. The van der Waals surface area contributed by atoms with E-state index in [2.05, 4.69) is 12.2 Å². The highest BCUT2D eigenvalue weighted by molar-refractivity contribution is 6.00. The van der Waals surface area contributed by atoms with Crippen LogP contribution in [0.4, 0.5) is 11.4 Å². The predicted octanol–water partition coefficient (Wildman–Crippen LogP) is 3.14. The summed E-state index contributed by atoms with van der Waals surface area (Å²) in [5, 5.41) is 12.8. The van der Waals surface area contributed by atoms with E-state index >= 15 is 0 Å². The minimum Gasteiger partial charge on any atom is -0.495 e. The van der Waals surface area contributed by atoms with Crippen LogP contribution >= 0.6 is 0 Å². The van der Waals surface area contributed by atoms with E-state index < -0.39 is 0 Å². The van der Waals surface area contributed by atoms with Crippen LogP contribution in [-0.2, 0) is 0 Å². The summed E-state index contributed by atoms with van der Waals surface area (Å²) >= 11 is 0. The molecule has 3 rings (SSSR count). The molecular weight excluding hydrogens is 316 g/mol. The number of hydrogen-bond donors (Lipinski definition) is 2. The van der Waals surface area contributed by atoms with Gasteiger partial charge in [0.1, 0.15) is 5.75 Å². The van der Waals surface area contributed by atoms with Crippen molar-refractivity contribution in [3.8, 4) is 5.75 Å². The number of ether oxygens (including phenoxy) is 1. The molecule has 2 atom stereocenters. The number of aliphatic hydroxyl groups is 1. The first-order valence-electron chi connectivity index (χ1n) is 8.53. The van der Waals surface area contributed by atoms with Crippen LogP contribution in [0, 0.1) is 11.8 Å². The van der Waals surface area contributed by atoms with E-state index in [0.29, 0.717) is 24.6 Å². The number of methoxy groups -OCH3 is 1. The molecule has 132 valence electrons. The molecule has 1 fully saturated rings. The average Bonchev–Trinajstić information content (AvgIpc) is 3.03. The number of carbonyl (C=O) groups excluding carboxylic acids is 1. The van der Waals surface area contributed by atoms with Crippen LogP contribution < -0.4 is 10.1 Å². The lowest BCUT2D eigenvalue weighted by Gasteiger charge is -2.19. The van der Waals surface area contributed by atoms with Gasteiger partial charge in [0.25, 0.3) is 5.91 Å². The van der Waals surface area contributed by atoms with Gasteiger partial charge in [-0.3, -0.25) is 4.79 Å². The second-order valence-electron chi connectivity index (χ2n) is 6.50. The average molecular weight is 340 g/mol. The molecule has 2 aromatic carbocycles. The van der Waals surface area contributed by atoms with Gasteiger partial charge < -0.3 is 20.1 Å². The zero-order valence-electron chi connectivity index (χ0n) is 14.6. The van der Waals surface area contributed by atoms with E-state index in [9.17, 15) is 9.90 Å². The monoisotopic (exact) mass is 340 g/mol. The van der Waals surface area contributed by atoms with Crippen molar-refractivity contribution in [2.24, 2.45) is 11.8 Å². The van der Waals surface area contributed by atoms with Gasteiger partial charge in [0, 0.05) is 25.6 Å². The maximum atomic E-state index is 13.0. The minimum atomic E-state index is -0.0132. The van der Waals surface area contributed by atoms with Gasteiger partial charge in [-0.1, -0.05) is 31.2 Å². The number of amides is 1. The van der Waals surface area contributed by atoms with Crippen molar-refractivity contribution < 1.29 is 14.6 Å². The Balaban J connectivity index is 1.85. The third-order valence-corrected chi connectivity index (χ3v) is 4.82. The van der Waals surface area contributed by atoms with Crippen molar-refractivity contribution in [3.63, 3.8) is 0 Å². The number of benzene rings is 2. The molecule has 0 radical (unpaired) electrons. The quantitative estimate of drug-likeness (QED) is 0.878. The molecule has 2 aromatic rings. The lowest BCUT2D eigenvalue weighted by molar-refractivity contribution is 0.0781. The molecule has 0 aliphatic carbocycles. The fraction of sp³-hybridized carbons (Fsp3) is 0.350. The minimum absolute atomic E-state index is 0.0132. The molecule has 0 unspecified atom stereocenters. The molecule has 2 N–H and O–H groups in total. The van der Waals surface area contributed by atoms with Crippen LogP contribution in [0.5, 0.6) is 5.75 Å². The predicted molar refractivity (Wildman–Crippen MR) is 98.4 cm³/mol. The van der Waals surface area contributed by atoms with Crippen LogP contribution in [0.1, 0.15) is 17.3 Å². The summed E-state index contributed by atoms with van der Waals surface area (Å²) in [5.41, 5.74) is 2.18. The highest BCUT2D eigenvalue weighted by Crippen LogP contribution is 2.30. The lowest BCUT2D eigenvalue weighted by Crippen LogP contribution is -2.29. The maximum Gasteiger partial charge on any atom is 0.255 e. The summed E-state index contributed by atoms with van der Waals surface area (Å²) in [5.74, 6) is 1.17. The normalized spacial score (nSPS) is 19.7. The van der Waals surface area contributed by atoms with Gasteiger partial charge in [-0.25, -0.2) is 0 Å².